The van der Waals surface area contributed by atoms with Gasteiger partial charge < -0.3 is 15.5 Å². The smallest absolute Gasteiger partial charge is 0.191 e. The second-order valence-corrected chi connectivity index (χ2v) is 9.16. The minimum absolute atomic E-state index is 0. The molecule has 0 aromatic rings. The van der Waals surface area contributed by atoms with E-state index in [1.165, 1.54) is 90.4 Å². The second kappa shape index (κ2) is 12.6. The Bertz CT molecular complexity index is 450. The van der Waals surface area contributed by atoms with E-state index < -0.39 is 0 Å². The maximum Gasteiger partial charge on any atom is 0.191 e. The summed E-state index contributed by atoms with van der Waals surface area (Å²) in [5.41, 5.74) is 0.328. The molecular weight excluding hydrogens is 461 g/mol. The second-order valence-electron chi connectivity index (χ2n) is 9.16. The average molecular weight is 506 g/mol. The summed E-state index contributed by atoms with van der Waals surface area (Å²) in [6.45, 7) is 10.2. The average Bonchev–Trinajstić information content (AvgIpc) is 2.72. The van der Waals surface area contributed by atoms with Gasteiger partial charge in [-0.25, -0.2) is 0 Å². The zero-order chi connectivity index (χ0) is 19.0. The molecule has 1 saturated carbocycles. The zero-order valence-electron chi connectivity index (χ0n) is 18.3. The van der Waals surface area contributed by atoms with Gasteiger partial charge >= 0.3 is 0 Å². The summed E-state index contributed by atoms with van der Waals surface area (Å²) in [5, 5.41) is 7.17. The van der Waals surface area contributed by atoms with Gasteiger partial charge in [0.25, 0.3) is 0 Å². The molecule has 5 nitrogen and oxygen atoms in total. The Morgan fingerprint density at radius 1 is 0.929 bits per heavy atom. The monoisotopic (exact) mass is 505 g/mol. The maximum absolute atomic E-state index is 5.13. The van der Waals surface area contributed by atoms with Crippen LogP contribution < -0.4 is 10.6 Å². The summed E-state index contributed by atoms with van der Waals surface area (Å²) in [5.74, 6) is 1.83. The summed E-state index contributed by atoms with van der Waals surface area (Å²) in [4.78, 5) is 10.4. The van der Waals surface area contributed by atoms with Crippen LogP contribution in [0.15, 0.2) is 4.99 Å². The number of nitrogens with one attached hydrogen (secondary N) is 2. The number of rotatable bonds is 6. The van der Waals surface area contributed by atoms with E-state index in [0.29, 0.717) is 5.54 Å². The molecule has 0 spiro atoms. The molecule has 3 rings (SSSR count). The number of nitrogens with zero attached hydrogens (tertiary/aromatic N) is 3. The van der Waals surface area contributed by atoms with E-state index in [9.17, 15) is 0 Å². The number of hydrogen-bond acceptors (Lipinski definition) is 3. The van der Waals surface area contributed by atoms with Gasteiger partial charge in [-0.2, -0.15) is 0 Å². The van der Waals surface area contributed by atoms with Gasteiger partial charge in [0.1, 0.15) is 0 Å². The summed E-state index contributed by atoms with van der Waals surface area (Å²) in [6, 6.07) is 0. The van der Waals surface area contributed by atoms with Crippen molar-refractivity contribution in [1.82, 2.24) is 20.4 Å². The van der Waals surface area contributed by atoms with Crippen LogP contribution in [0.3, 0.4) is 0 Å². The third-order valence-corrected chi connectivity index (χ3v) is 7.08. The number of piperidine rings is 2. The summed E-state index contributed by atoms with van der Waals surface area (Å²) < 4.78 is 0. The Morgan fingerprint density at radius 3 is 2.21 bits per heavy atom. The van der Waals surface area contributed by atoms with Crippen molar-refractivity contribution in [3.05, 3.63) is 0 Å². The van der Waals surface area contributed by atoms with Crippen molar-refractivity contribution >= 4 is 29.9 Å². The number of guanidine groups is 1. The quantitative estimate of drug-likeness (QED) is 0.328. The van der Waals surface area contributed by atoms with Gasteiger partial charge in [-0.05, 0) is 84.6 Å². The number of aliphatic imine (C=N–C) groups is 1. The molecule has 0 bridgehead atoms. The molecular formula is C22H44IN5. The van der Waals surface area contributed by atoms with Crippen LogP contribution in [0.4, 0.5) is 0 Å². The van der Waals surface area contributed by atoms with Crippen LogP contribution >= 0.6 is 24.0 Å². The number of hydrogen-bond donors (Lipinski definition) is 2. The van der Waals surface area contributed by atoms with Crippen molar-refractivity contribution < 1.29 is 0 Å². The molecule has 164 valence electrons. The van der Waals surface area contributed by atoms with E-state index in [1.54, 1.807) is 0 Å². The third kappa shape index (κ3) is 7.01. The predicted molar refractivity (Wildman–Crippen MR) is 131 cm³/mol. The highest BCUT2D eigenvalue weighted by atomic mass is 127. The van der Waals surface area contributed by atoms with Crippen LogP contribution in [0.2, 0.25) is 0 Å². The molecule has 2 N–H and O–H groups in total. The number of likely N-dealkylation sites (tertiary alicyclic amines) is 2. The topological polar surface area (TPSA) is 42.9 Å². The van der Waals surface area contributed by atoms with Crippen LogP contribution in [-0.2, 0) is 0 Å². The first-order valence-electron chi connectivity index (χ1n) is 11.7. The molecule has 2 saturated heterocycles. The highest BCUT2D eigenvalue weighted by Crippen LogP contribution is 2.35. The van der Waals surface area contributed by atoms with Crippen molar-refractivity contribution in [1.29, 1.82) is 0 Å². The zero-order valence-corrected chi connectivity index (χ0v) is 20.7. The van der Waals surface area contributed by atoms with Crippen molar-refractivity contribution in [3.63, 3.8) is 0 Å². The lowest BCUT2D eigenvalue weighted by Crippen LogP contribution is -2.54. The fourth-order valence-corrected chi connectivity index (χ4v) is 5.23. The molecule has 2 aliphatic heterocycles. The molecule has 2 heterocycles. The molecule has 0 aromatic carbocycles. The first-order valence-corrected chi connectivity index (χ1v) is 11.7. The first-order chi connectivity index (χ1) is 13.2. The normalized spacial score (nSPS) is 25.1. The largest absolute Gasteiger partial charge is 0.357 e. The third-order valence-electron chi connectivity index (χ3n) is 7.08. The van der Waals surface area contributed by atoms with Gasteiger partial charge in [0.15, 0.2) is 5.96 Å². The number of halogens is 1. The minimum atomic E-state index is 0. The molecule has 3 fully saturated rings. The molecule has 0 radical (unpaired) electrons. The van der Waals surface area contributed by atoms with Crippen LogP contribution in [0.1, 0.15) is 71.1 Å². The lowest BCUT2D eigenvalue weighted by molar-refractivity contribution is 0.0407. The fourth-order valence-electron chi connectivity index (χ4n) is 5.23. The van der Waals surface area contributed by atoms with E-state index in [1.807, 2.05) is 0 Å². The van der Waals surface area contributed by atoms with Gasteiger partial charge in [0.2, 0.25) is 0 Å². The van der Waals surface area contributed by atoms with Crippen LogP contribution in [0.5, 0.6) is 0 Å². The van der Waals surface area contributed by atoms with Gasteiger partial charge in [-0.15, -0.1) is 24.0 Å². The summed E-state index contributed by atoms with van der Waals surface area (Å²) >= 11 is 0. The fraction of sp³-hybridized carbons (Fsp3) is 0.955. The lowest BCUT2D eigenvalue weighted by atomic mass is 9.79. The summed E-state index contributed by atoms with van der Waals surface area (Å²) in [7, 11) is 2.24. The standard InChI is InChI=1S/C22H43N5.HI/c1-3-23-21(24-18-20-10-16-26(2)17-11-20)25-19-22(12-6-4-7-13-22)27-14-8-5-9-15-27;/h20H,3-19H2,1-2H3,(H2,23,24,25);1H. The predicted octanol–water partition coefficient (Wildman–Crippen LogP) is 3.69. The SMILES string of the molecule is CCNC(=NCC1(N2CCCCC2)CCCCC1)NCC1CCN(C)CC1.I. The molecule has 0 unspecified atom stereocenters. The molecule has 6 heteroatoms. The van der Waals surface area contributed by atoms with E-state index >= 15 is 0 Å². The molecule has 0 aromatic heterocycles. The lowest BCUT2D eigenvalue weighted by Gasteiger charge is -2.47. The van der Waals surface area contributed by atoms with E-state index in [-0.39, 0.29) is 24.0 Å². The van der Waals surface area contributed by atoms with Gasteiger partial charge in [0, 0.05) is 18.6 Å². The Labute approximate surface area is 190 Å². The van der Waals surface area contributed by atoms with Crippen LogP contribution in [0, 0.1) is 5.92 Å². The molecule has 1 aliphatic carbocycles. The van der Waals surface area contributed by atoms with Crippen LogP contribution in [0.25, 0.3) is 0 Å². The van der Waals surface area contributed by atoms with Gasteiger partial charge in [0.05, 0.1) is 6.54 Å². The molecule has 3 aliphatic rings. The summed E-state index contributed by atoms with van der Waals surface area (Å²) in [6.07, 6.45) is 13.6. The maximum atomic E-state index is 5.13. The van der Waals surface area contributed by atoms with Crippen molar-refractivity contribution in [2.24, 2.45) is 10.9 Å². The highest BCUT2D eigenvalue weighted by Gasteiger charge is 2.38. The molecule has 0 amide bonds. The van der Waals surface area contributed by atoms with E-state index in [0.717, 1.165) is 31.5 Å². The Morgan fingerprint density at radius 2 is 1.57 bits per heavy atom. The van der Waals surface area contributed by atoms with Gasteiger partial charge in [-0.3, -0.25) is 9.89 Å². The van der Waals surface area contributed by atoms with Crippen molar-refractivity contribution in [2.45, 2.75) is 76.7 Å². The van der Waals surface area contributed by atoms with E-state index in [2.05, 4.69) is 34.4 Å². The molecule has 0 atom stereocenters. The Hall–Kier alpha value is -0.0800. The van der Waals surface area contributed by atoms with Crippen molar-refractivity contribution in [3.8, 4) is 0 Å². The molecule has 28 heavy (non-hydrogen) atoms. The minimum Gasteiger partial charge on any atom is -0.357 e. The van der Waals surface area contributed by atoms with E-state index in [4.69, 9.17) is 4.99 Å². The van der Waals surface area contributed by atoms with Crippen molar-refractivity contribution in [2.75, 3.05) is 52.9 Å². The van der Waals surface area contributed by atoms with Crippen LogP contribution in [-0.4, -0.2) is 74.2 Å². The Kier molecular flexibility index (Phi) is 10.9. The Balaban J connectivity index is 0.00000280. The highest BCUT2D eigenvalue weighted by molar-refractivity contribution is 14.0. The first kappa shape index (κ1) is 24.2. The van der Waals surface area contributed by atoms with Gasteiger partial charge in [-0.1, -0.05) is 25.7 Å².